The molecule has 0 radical (unpaired) electrons. The Balaban J connectivity index is 0.000000339. The number of thiazole rings is 1. The van der Waals surface area contributed by atoms with Crippen molar-refractivity contribution >= 4 is 17.3 Å². The van der Waals surface area contributed by atoms with Gasteiger partial charge in [0.15, 0.2) is 0 Å². The number of hydrogen-bond donors (Lipinski definition) is 2. The number of carboxylic acids is 1. The van der Waals surface area contributed by atoms with Gasteiger partial charge in [0.05, 0.1) is 30.3 Å². The van der Waals surface area contributed by atoms with E-state index in [4.69, 9.17) is 14.6 Å². The van der Waals surface area contributed by atoms with Crippen LogP contribution in [0.5, 0.6) is 0 Å². The summed E-state index contributed by atoms with van der Waals surface area (Å²) in [4.78, 5) is 20.1. The number of aliphatic carboxylic acids is 1. The highest BCUT2D eigenvalue weighted by atomic mass is 32.1. The summed E-state index contributed by atoms with van der Waals surface area (Å²) >= 11 is 1.61. The van der Waals surface area contributed by atoms with Gasteiger partial charge in [-0.1, -0.05) is 6.07 Å². The van der Waals surface area contributed by atoms with Crippen LogP contribution >= 0.6 is 11.3 Å². The highest BCUT2D eigenvalue weighted by molar-refractivity contribution is 7.09. The Bertz CT molecular complexity index is 1010. The molecule has 0 aliphatic carbocycles. The van der Waals surface area contributed by atoms with Crippen molar-refractivity contribution in [1.29, 1.82) is 0 Å². The molecule has 0 amide bonds. The molecule has 8 nitrogen and oxygen atoms in total. The van der Waals surface area contributed by atoms with Gasteiger partial charge in [-0.25, -0.2) is 9.78 Å². The van der Waals surface area contributed by atoms with Crippen molar-refractivity contribution in [2.75, 3.05) is 0 Å². The molecule has 0 atom stereocenters. The van der Waals surface area contributed by atoms with Gasteiger partial charge in [0.2, 0.25) is 0 Å². The monoisotopic (exact) mass is 455 g/mol. The molecule has 2 N–H and O–H groups in total. The molecule has 3 aromatic heterocycles. The van der Waals surface area contributed by atoms with Crippen molar-refractivity contribution in [3.05, 3.63) is 63.1 Å². The summed E-state index contributed by atoms with van der Waals surface area (Å²) in [5, 5.41) is 17.6. The standard InChI is InChI=1S/C17H19N5OS.C2HF3O2/c1-12-3-2-4-13(19-12)7-22-8-14-15(9-22)20-21-16(14)10-23-11-17-18-5-6-24-17;3-2(4,5)1(6)7/h2-6H,7-11H2,1H3,(H,20,21);(H,6,7). The molecule has 3 aromatic rings. The predicted molar refractivity (Wildman–Crippen MR) is 105 cm³/mol. The van der Waals surface area contributed by atoms with Crippen molar-refractivity contribution in [1.82, 2.24) is 25.1 Å². The second kappa shape index (κ2) is 9.98. The fraction of sp³-hybridized carbons (Fsp3) is 0.368. The zero-order valence-electron chi connectivity index (χ0n) is 16.5. The molecule has 31 heavy (non-hydrogen) atoms. The third kappa shape index (κ3) is 6.57. The molecular weight excluding hydrogens is 435 g/mol. The summed E-state index contributed by atoms with van der Waals surface area (Å²) in [6.07, 6.45) is -3.28. The lowest BCUT2D eigenvalue weighted by Crippen LogP contribution is -2.21. The van der Waals surface area contributed by atoms with E-state index in [0.717, 1.165) is 41.7 Å². The maximum Gasteiger partial charge on any atom is 0.490 e. The van der Waals surface area contributed by atoms with E-state index >= 15 is 0 Å². The van der Waals surface area contributed by atoms with E-state index < -0.39 is 12.1 Å². The molecule has 0 fully saturated rings. The molecule has 0 spiro atoms. The second-order valence-electron chi connectivity index (χ2n) is 6.76. The maximum atomic E-state index is 10.6. The summed E-state index contributed by atoms with van der Waals surface area (Å²) < 4.78 is 37.5. The number of carbonyl (C=O) groups is 1. The minimum atomic E-state index is -5.08. The fourth-order valence-electron chi connectivity index (χ4n) is 2.97. The van der Waals surface area contributed by atoms with Crippen molar-refractivity contribution in [2.45, 2.75) is 45.9 Å². The summed E-state index contributed by atoms with van der Waals surface area (Å²) in [6, 6.07) is 6.17. The Hall–Kier alpha value is -2.83. The number of carboxylic acid groups (broad SMARTS) is 1. The summed E-state index contributed by atoms with van der Waals surface area (Å²) in [7, 11) is 0. The molecule has 0 bridgehead atoms. The predicted octanol–water partition coefficient (Wildman–Crippen LogP) is 3.44. The topological polar surface area (TPSA) is 104 Å². The Labute approximate surface area is 179 Å². The Morgan fingerprint density at radius 2 is 2.10 bits per heavy atom. The van der Waals surface area contributed by atoms with Crippen molar-refractivity contribution in [2.24, 2.45) is 0 Å². The Morgan fingerprint density at radius 3 is 2.74 bits per heavy atom. The smallest absolute Gasteiger partial charge is 0.475 e. The first-order valence-electron chi connectivity index (χ1n) is 9.18. The lowest BCUT2D eigenvalue weighted by Gasteiger charge is -2.14. The number of pyridine rings is 1. The minimum Gasteiger partial charge on any atom is -0.475 e. The number of halogens is 3. The lowest BCUT2D eigenvalue weighted by molar-refractivity contribution is -0.192. The number of alkyl halides is 3. The molecule has 0 saturated heterocycles. The van der Waals surface area contributed by atoms with Gasteiger partial charge < -0.3 is 9.84 Å². The zero-order valence-corrected chi connectivity index (χ0v) is 17.3. The van der Waals surface area contributed by atoms with Crippen LogP contribution in [0.3, 0.4) is 0 Å². The highest BCUT2D eigenvalue weighted by Gasteiger charge is 2.38. The average molecular weight is 455 g/mol. The van der Waals surface area contributed by atoms with Gasteiger partial charge in [-0.05, 0) is 19.1 Å². The number of H-pyrrole nitrogens is 1. The van der Waals surface area contributed by atoms with Crippen LogP contribution in [-0.2, 0) is 42.4 Å². The largest absolute Gasteiger partial charge is 0.490 e. The SMILES string of the molecule is Cc1cccc(CN2Cc3[nH]nc(COCc4nccs4)c3C2)n1.O=C(O)C(F)(F)F. The van der Waals surface area contributed by atoms with Crippen LogP contribution in [0.1, 0.15) is 33.3 Å². The maximum absolute atomic E-state index is 10.6. The first kappa shape index (κ1) is 22.8. The number of aryl methyl sites for hydroxylation is 1. The molecule has 0 aromatic carbocycles. The van der Waals surface area contributed by atoms with Crippen LogP contribution in [0.4, 0.5) is 13.2 Å². The van der Waals surface area contributed by atoms with E-state index in [2.05, 4.69) is 37.2 Å². The molecule has 0 unspecified atom stereocenters. The summed E-state index contributed by atoms with van der Waals surface area (Å²) in [6.45, 7) is 5.70. The van der Waals surface area contributed by atoms with Crippen LogP contribution in [0.25, 0.3) is 0 Å². The van der Waals surface area contributed by atoms with Crippen molar-refractivity contribution < 1.29 is 27.8 Å². The van der Waals surface area contributed by atoms with Crippen molar-refractivity contribution in [3.63, 3.8) is 0 Å². The van der Waals surface area contributed by atoms with Gasteiger partial charge in [-0.15, -0.1) is 11.3 Å². The number of ether oxygens (including phenoxy) is 1. The van der Waals surface area contributed by atoms with Gasteiger partial charge in [0.1, 0.15) is 5.01 Å². The molecule has 12 heteroatoms. The first-order chi connectivity index (χ1) is 14.7. The van der Waals surface area contributed by atoms with Gasteiger partial charge in [0.25, 0.3) is 0 Å². The van der Waals surface area contributed by atoms with E-state index in [1.165, 1.54) is 11.3 Å². The number of rotatable bonds is 6. The van der Waals surface area contributed by atoms with E-state index in [-0.39, 0.29) is 0 Å². The van der Waals surface area contributed by atoms with Gasteiger partial charge in [-0.3, -0.25) is 15.0 Å². The first-order valence-corrected chi connectivity index (χ1v) is 10.1. The van der Waals surface area contributed by atoms with Gasteiger partial charge in [0, 0.05) is 42.5 Å². The van der Waals surface area contributed by atoms with Crippen LogP contribution < -0.4 is 0 Å². The zero-order chi connectivity index (χ0) is 22.4. The number of nitrogens with zero attached hydrogens (tertiary/aromatic N) is 4. The number of aromatic nitrogens is 4. The minimum absolute atomic E-state index is 0.516. The van der Waals surface area contributed by atoms with Crippen LogP contribution in [0.2, 0.25) is 0 Å². The fourth-order valence-corrected chi connectivity index (χ4v) is 3.52. The van der Waals surface area contributed by atoms with Crippen molar-refractivity contribution in [3.8, 4) is 0 Å². The van der Waals surface area contributed by atoms with Crippen LogP contribution in [0.15, 0.2) is 29.8 Å². The lowest BCUT2D eigenvalue weighted by atomic mass is 10.2. The van der Waals surface area contributed by atoms with Gasteiger partial charge in [-0.2, -0.15) is 18.3 Å². The average Bonchev–Trinajstić information content (AvgIpc) is 3.40. The Morgan fingerprint density at radius 1 is 1.32 bits per heavy atom. The normalized spacial score (nSPS) is 13.5. The van der Waals surface area contributed by atoms with Crippen LogP contribution in [-0.4, -0.2) is 42.3 Å². The molecule has 1 aliphatic rings. The number of nitrogens with one attached hydrogen (secondary N) is 1. The molecule has 4 heterocycles. The van der Waals surface area contributed by atoms with E-state index in [9.17, 15) is 13.2 Å². The van der Waals surface area contributed by atoms with E-state index in [0.29, 0.717) is 13.2 Å². The molecule has 4 rings (SSSR count). The van der Waals surface area contributed by atoms with E-state index in [1.807, 2.05) is 18.4 Å². The quantitative estimate of drug-likeness (QED) is 0.587. The van der Waals surface area contributed by atoms with Gasteiger partial charge >= 0.3 is 12.1 Å². The number of aromatic amines is 1. The van der Waals surface area contributed by atoms with Crippen LogP contribution in [0, 0.1) is 6.92 Å². The second-order valence-corrected chi connectivity index (χ2v) is 7.74. The number of hydrogen-bond acceptors (Lipinski definition) is 7. The highest BCUT2D eigenvalue weighted by Crippen LogP contribution is 2.25. The third-order valence-corrected chi connectivity index (χ3v) is 5.08. The third-order valence-electron chi connectivity index (χ3n) is 4.32. The summed E-state index contributed by atoms with van der Waals surface area (Å²) in [5.41, 5.74) is 5.62. The molecule has 166 valence electrons. The Kier molecular flexibility index (Phi) is 7.36. The molecule has 0 saturated carbocycles. The van der Waals surface area contributed by atoms with E-state index in [1.54, 1.807) is 17.5 Å². The molecular formula is C19H20F3N5O3S. The summed E-state index contributed by atoms with van der Waals surface area (Å²) in [5.74, 6) is -2.76. The number of fused-ring (bicyclic) bond motifs is 1. The molecule has 1 aliphatic heterocycles.